The molecule has 0 aromatic heterocycles. The topological polar surface area (TPSA) is 88.4 Å². The first kappa shape index (κ1) is 20.0. The SMILES string of the molecule is CCOC(=O)c1ccc(NC(=O)/C(C#N)=C/c2cc(Cl)cc(OC)c2)cc1. The largest absolute Gasteiger partial charge is 0.497 e. The number of esters is 1. The van der Waals surface area contributed by atoms with Crippen LogP contribution in [0.3, 0.4) is 0 Å². The quantitative estimate of drug-likeness (QED) is 0.460. The van der Waals surface area contributed by atoms with Gasteiger partial charge in [0.15, 0.2) is 0 Å². The van der Waals surface area contributed by atoms with Crippen molar-refractivity contribution in [1.29, 1.82) is 5.26 Å². The molecule has 0 bridgehead atoms. The Morgan fingerprint density at radius 1 is 1.22 bits per heavy atom. The van der Waals surface area contributed by atoms with E-state index >= 15 is 0 Å². The predicted octanol–water partition coefficient (Wildman–Crippen LogP) is 4.07. The van der Waals surface area contributed by atoms with Crippen molar-refractivity contribution >= 4 is 35.2 Å². The van der Waals surface area contributed by atoms with Gasteiger partial charge in [0.05, 0.1) is 19.3 Å². The Labute approximate surface area is 162 Å². The van der Waals surface area contributed by atoms with Gasteiger partial charge in [-0.3, -0.25) is 4.79 Å². The van der Waals surface area contributed by atoms with E-state index in [1.54, 1.807) is 37.3 Å². The lowest BCUT2D eigenvalue weighted by Gasteiger charge is -2.07. The molecule has 7 heteroatoms. The summed E-state index contributed by atoms with van der Waals surface area (Å²) in [6.45, 7) is 2.00. The van der Waals surface area contributed by atoms with Gasteiger partial charge in [0.2, 0.25) is 0 Å². The number of methoxy groups -OCH3 is 1. The zero-order valence-electron chi connectivity index (χ0n) is 14.8. The summed E-state index contributed by atoms with van der Waals surface area (Å²) in [6.07, 6.45) is 1.41. The Balaban J connectivity index is 2.17. The molecule has 2 rings (SSSR count). The third-order valence-electron chi connectivity index (χ3n) is 3.46. The van der Waals surface area contributed by atoms with Crippen LogP contribution in [-0.4, -0.2) is 25.6 Å². The number of amides is 1. The highest BCUT2D eigenvalue weighted by atomic mass is 35.5. The lowest BCUT2D eigenvalue weighted by Crippen LogP contribution is -2.13. The minimum atomic E-state index is -0.583. The zero-order chi connectivity index (χ0) is 19.8. The number of nitriles is 1. The molecular formula is C20H17ClN2O4. The molecule has 6 nitrogen and oxygen atoms in total. The Bertz CT molecular complexity index is 915. The molecule has 0 spiro atoms. The van der Waals surface area contributed by atoms with E-state index < -0.39 is 11.9 Å². The van der Waals surface area contributed by atoms with Crippen LogP contribution in [0.1, 0.15) is 22.8 Å². The highest BCUT2D eigenvalue weighted by Crippen LogP contribution is 2.22. The molecular weight excluding hydrogens is 368 g/mol. The van der Waals surface area contributed by atoms with Crippen molar-refractivity contribution in [2.24, 2.45) is 0 Å². The molecule has 1 amide bonds. The van der Waals surface area contributed by atoms with E-state index in [-0.39, 0.29) is 12.2 Å². The monoisotopic (exact) mass is 384 g/mol. The second kappa shape index (κ2) is 9.41. The fraction of sp³-hybridized carbons (Fsp3) is 0.150. The molecule has 0 heterocycles. The van der Waals surface area contributed by atoms with Gasteiger partial charge in [-0.15, -0.1) is 0 Å². The van der Waals surface area contributed by atoms with Crippen LogP contribution >= 0.6 is 11.6 Å². The number of benzene rings is 2. The number of hydrogen-bond donors (Lipinski definition) is 1. The molecule has 0 aliphatic carbocycles. The van der Waals surface area contributed by atoms with Gasteiger partial charge in [-0.25, -0.2) is 4.79 Å². The third-order valence-corrected chi connectivity index (χ3v) is 3.68. The zero-order valence-corrected chi connectivity index (χ0v) is 15.5. The fourth-order valence-electron chi connectivity index (χ4n) is 2.20. The smallest absolute Gasteiger partial charge is 0.338 e. The van der Waals surface area contributed by atoms with E-state index in [1.807, 2.05) is 6.07 Å². The first-order chi connectivity index (χ1) is 13.0. The van der Waals surface area contributed by atoms with Crippen molar-refractivity contribution in [3.8, 4) is 11.8 Å². The Kier molecular flexibility index (Phi) is 6.98. The summed E-state index contributed by atoms with van der Waals surface area (Å²) in [5, 5.41) is 12.3. The maximum absolute atomic E-state index is 12.4. The van der Waals surface area contributed by atoms with Crippen LogP contribution in [0.2, 0.25) is 5.02 Å². The number of anilines is 1. The van der Waals surface area contributed by atoms with E-state index in [4.69, 9.17) is 21.1 Å². The van der Waals surface area contributed by atoms with Crippen LogP contribution in [0, 0.1) is 11.3 Å². The molecule has 138 valence electrons. The molecule has 0 aliphatic heterocycles. The summed E-state index contributed by atoms with van der Waals surface area (Å²) in [5.41, 5.74) is 1.27. The minimum absolute atomic E-state index is 0.103. The highest BCUT2D eigenvalue weighted by molar-refractivity contribution is 6.30. The summed E-state index contributed by atoms with van der Waals surface area (Å²) in [4.78, 5) is 24.0. The van der Waals surface area contributed by atoms with Crippen molar-refractivity contribution in [3.05, 3.63) is 64.2 Å². The number of halogens is 1. The molecule has 0 aliphatic rings. The van der Waals surface area contributed by atoms with Gasteiger partial charge in [0, 0.05) is 10.7 Å². The van der Waals surface area contributed by atoms with E-state index in [1.165, 1.54) is 25.3 Å². The molecule has 2 aromatic rings. The normalized spacial score (nSPS) is 10.7. The molecule has 0 saturated carbocycles. The van der Waals surface area contributed by atoms with Gasteiger partial charge in [0.1, 0.15) is 17.4 Å². The van der Waals surface area contributed by atoms with Crippen LogP contribution in [0.15, 0.2) is 48.0 Å². The molecule has 0 fully saturated rings. The van der Waals surface area contributed by atoms with Gasteiger partial charge in [-0.2, -0.15) is 5.26 Å². The maximum atomic E-state index is 12.4. The van der Waals surface area contributed by atoms with E-state index in [0.717, 1.165) is 0 Å². The third kappa shape index (κ3) is 5.59. The molecule has 0 radical (unpaired) electrons. The van der Waals surface area contributed by atoms with Gasteiger partial charge in [-0.1, -0.05) is 11.6 Å². The van der Waals surface area contributed by atoms with E-state index in [2.05, 4.69) is 5.32 Å². The van der Waals surface area contributed by atoms with E-state index in [9.17, 15) is 14.9 Å². The van der Waals surface area contributed by atoms with Crippen LogP contribution in [-0.2, 0) is 9.53 Å². The van der Waals surface area contributed by atoms with Crippen LogP contribution in [0.4, 0.5) is 5.69 Å². The first-order valence-corrected chi connectivity index (χ1v) is 8.39. The number of hydrogen-bond acceptors (Lipinski definition) is 5. The average Bonchev–Trinajstić information content (AvgIpc) is 2.66. The predicted molar refractivity (Wildman–Crippen MR) is 103 cm³/mol. The summed E-state index contributed by atoms with van der Waals surface area (Å²) >= 11 is 6.00. The average molecular weight is 385 g/mol. The van der Waals surface area contributed by atoms with Gasteiger partial charge < -0.3 is 14.8 Å². The molecule has 1 N–H and O–H groups in total. The molecule has 2 aromatic carbocycles. The maximum Gasteiger partial charge on any atom is 0.338 e. The summed E-state index contributed by atoms with van der Waals surface area (Å²) in [6, 6.07) is 12.9. The second-order valence-corrected chi connectivity index (χ2v) is 5.78. The standard InChI is InChI=1S/C20H17ClN2O4/c1-3-27-20(25)14-4-6-17(7-5-14)23-19(24)15(12-22)8-13-9-16(21)11-18(10-13)26-2/h4-11H,3H2,1-2H3,(H,23,24)/b15-8+. The van der Waals surface area contributed by atoms with Gasteiger partial charge in [0.25, 0.3) is 5.91 Å². The lowest BCUT2D eigenvalue weighted by molar-refractivity contribution is -0.112. The number of nitrogens with one attached hydrogen (secondary N) is 1. The molecule has 0 unspecified atom stereocenters. The van der Waals surface area contributed by atoms with Crippen molar-refractivity contribution < 1.29 is 19.1 Å². The Hall–Kier alpha value is -3.30. The molecule has 0 atom stereocenters. The van der Waals surface area contributed by atoms with Crippen LogP contribution in [0.5, 0.6) is 5.75 Å². The number of ether oxygens (including phenoxy) is 2. The highest BCUT2D eigenvalue weighted by Gasteiger charge is 2.11. The van der Waals surface area contributed by atoms with Gasteiger partial charge in [-0.05, 0) is 61.0 Å². The lowest BCUT2D eigenvalue weighted by atomic mass is 10.1. The van der Waals surface area contributed by atoms with Gasteiger partial charge >= 0.3 is 5.97 Å². The van der Waals surface area contributed by atoms with Crippen molar-refractivity contribution in [1.82, 2.24) is 0 Å². The minimum Gasteiger partial charge on any atom is -0.497 e. The van der Waals surface area contributed by atoms with Crippen LogP contribution < -0.4 is 10.1 Å². The van der Waals surface area contributed by atoms with E-state index in [0.29, 0.717) is 27.6 Å². The molecule has 27 heavy (non-hydrogen) atoms. The number of nitrogens with zero attached hydrogens (tertiary/aromatic N) is 1. The number of carbonyl (C=O) groups is 2. The number of carbonyl (C=O) groups excluding carboxylic acids is 2. The summed E-state index contributed by atoms with van der Waals surface area (Å²) in [5.74, 6) is -0.510. The summed E-state index contributed by atoms with van der Waals surface area (Å²) in [7, 11) is 1.50. The van der Waals surface area contributed by atoms with Crippen LogP contribution in [0.25, 0.3) is 6.08 Å². The van der Waals surface area contributed by atoms with Crippen molar-refractivity contribution in [2.75, 3.05) is 19.0 Å². The Morgan fingerprint density at radius 2 is 1.93 bits per heavy atom. The Morgan fingerprint density at radius 3 is 2.52 bits per heavy atom. The number of rotatable bonds is 6. The summed E-state index contributed by atoms with van der Waals surface area (Å²) < 4.78 is 10.0. The van der Waals surface area contributed by atoms with Crippen molar-refractivity contribution in [3.63, 3.8) is 0 Å². The van der Waals surface area contributed by atoms with Crippen molar-refractivity contribution in [2.45, 2.75) is 6.92 Å². The fourth-order valence-corrected chi connectivity index (χ4v) is 2.44. The second-order valence-electron chi connectivity index (χ2n) is 5.35. The molecule has 0 saturated heterocycles. The first-order valence-electron chi connectivity index (χ1n) is 8.01.